The Kier molecular flexibility index (Phi) is 12.7. The van der Waals surface area contributed by atoms with Crippen molar-refractivity contribution in [1.29, 1.82) is 0 Å². The zero-order chi connectivity index (χ0) is 27.2. The highest BCUT2D eigenvalue weighted by atomic mass is 35.5. The van der Waals surface area contributed by atoms with Crippen LogP contribution in [0.2, 0.25) is 5.02 Å². The number of primary amides is 1. The summed E-state index contributed by atoms with van der Waals surface area (Å²) in [6, 6.07) is 18.1. The van der Waals surface area contributed by atoms with Gasteiger partial charge in [0.15, 0.2) is 6.10 Å². The number of hydrogen-bond acceptors (Lipinski definition) is 3. The van der Waals surface area contributed by atoms with Gasteiger partial charge in [0.25, 0.3) is 0 Å². The van der Waals surface area contributed by atoms with Crippen molar-refractivity contribution < 1.29 is 28.4 Å². The minimum Gasteiger partial charge on any atom is -0.437 e. The molecule has 4 N–H and O–H groups in total. The maximum Gasteiger partial charge on any atom is 0.405 e. The van der Waals surface area contributed by atoms with Crippen LogP contribution in [-0.4, -0.2) is 25.0 Å². The van der Waals surface area contributed by atoms with Crippen LogP contribution >= 0.6 is 11.6 Å². The van der Waals surface area contributed by atoms with Crippen molar-refractivity contribution in [3.63, 3.8) is 0 Å². The van der Waals surface area contributed by atoms with Gasteiger partial charge in [0.2, 0.25) is 5.78 Å². The van der Waals surface area contributed by atoms with E-state index in [9.17, 15) is 18.4 Å². The summed E-state index contributed by atoms with van der Waals surface area (Å²) in [6.07, 6.45) is 1.70. The minimum atomic E-state index is -1.02. The number of ketones is 1. The lowest BCUT2D eigenvalue weighted by Gasteiger charge is -2.17. The van der Waals surface area contributed by atoms with E-state index in [1.54, 1.807) is 36.4 Å². The van der Waals surface area contributed by atoms with Crippen molar-refractivity contribution in [2.75, 3.05) is 13.1 Å². The third-order valence-electron chi connectivity index (χ3n) is 5.97. The molecular weight excluding hydrogens is 498 g/mol. The Balaban J connectivity index is 0.000000261. The summed E-state index contributed by atoms with van der Waals surface area (Å²) < 4.78 is 31.4. The number of quaternary nitrogens is 1. The van der Waals surface area contributed by atoms with Crippen molar-refractivity contribution in [3.05, 3.63) is 106 Å². The number of hydrogen-bond donors (Lipinski definition) is 2. The SMILES string of the molecule is CCC(CC)CC[NH2+]CC(=O)c1ccc(Cl)cc1.NC(=O)OC(c1cccc(F)c1)c1cccc(F)c1. The van der Waals surface area contributed by atoms with Gasteiger partial charge in [0, 0.05) is 10.6 Å². The number of benzene rings is 3. The molecule has 5 nitrogen and oxygen atoms in total. The first-order valence-electron chi connectivity index (χ1n) is 12.3. The molecular formula is C29H34ClF2N2O3+. The van der Waals surface area contributed by atoms with Gasteiger partial charge in [-0.3, -0.25) is 4.79 Å². The molecule has 0 saturated heterocycles. The predicted octanol–water partition coefficient (Wildman–Crippen LogP) is 6.06. The molecule has 1 amide bonds. The van der Waals surface area contributed by atoms with E-state index in [4.69, 9.17) is 22.1 Å². The first-order chi connectivity index (χ1) is 17.7. The average Bonchev–Trinajstić information content (AvgIpc) is 2.88. The fourth-order valence-electron chi connectivity index (χ4n) is 3.82. The molecule has 0 bridgehead atoms. The molecule has 0 atom stereocenters. The van der Waals surface area contributed by atoms with Crippen LogP contribution in [0.5, 0.6) is 0 Å². The highest BCUT2D eigenvalue weighted by molar-refractivity contribution is 6.30. The van der Waals surface area contributed by atoms with Crippen molar-refractivity contribution in [1.82, 2.24) is 0 Å². The largest absolute Gasteiger partial charge is 0.437 e. The van der Waals surface area contributed by atoms with Gasteiger partial charge in [0.1, 0.15) is 18.2 Å². The maximum absolute atomic E-state index is 13.2. The van der Waals surface area contributed by atoms with Gasteiger partial charge in [-0.2, -0.15) is 0 Å². The molecule has 0 aliphatic rings. The summed E-state index contributed by atoms with van der Waals surface area (Å²) in [6.45, 7) is 6.02. The topological polar surface area (TPSA) is 86.0 Å². The lowest BCUT2D eigenvalue weighted by Crippen LogP contribution is -2.86. The number of Topliss-reactive ketones (excluding diaryl/α,β-unsaturated/α-hetero) is 1. The van der Waals surface area contributed by atoms with Gasteiger partial charge in [-0.1, -0.05) is 62.6 Å². The molecule has 0 aromatic heterocycles. The lowest BCUT2D eigenvalue weighted by molar-refractivity contribution is -0.643. The second-order valence-corrected chi connectivity index (χ2v) is 9.05. The standard InChI is InChI=1S/C15H22ClNO.C14H11F2NO2/c1-3-12(4-2)9-10-17-11-15(18)13-5-7-14(16)8-6-13;15-11-5-1-3-9(7-11)13(19-14(17)18)10-4-2-6-12(16)8-10/h5-8,12,17H,3-4,9-11H2,1-2H3;1-8,13H,(H2,17,18)/p+1. The molecule has 3 rings (SSSR count). The Bertz CT molecular complexity index is 1090. The Morgan fingerprint density at radius 1 is 0.919 bits per heavy atom. The molecule has 37 heavy (non-hydrogen) atoms. The molecule has 0 spiro atoms. The molecule has 3 aromatic carbocycles. The third-order valence-corrected chi connectivity index (χ3v) is 6.22. The van der Waals surface area contributed by atoms with Crippen LogP contribution in [0, 0.1) is 17.6 Å². The van der Waals surface area contributed by atoms with Gasteiger partial charge in [-0.15, -0.1) is 0 Å². The van der Waals surface area contributed by atoms with Gasteiger partial charge >= 0.3 is 6.09 Å². The Labute approximate surface area is 222 Å². The Hall–Kier alpha value is -3.29. The van der Waals surface area contributed by atoms with E-state index in [-0.39, 0.29) is 5.78 Å². The number of ether oxygens (including phenoxy) is 1. The summed E-state index contributed by atoms with van der Waals surface area (Å²) in [5, 5.41) is 2.78. The average molecular weight is 532 g/mol. The van der Waals surface area contributed by atoms with Crippen LogP contribution in [0.15, 0.2) is 72.8 Å². The summed E-state index contributed by atoms with van der Waals surface area (Å²) >= 11 is 5.79. The van der Waals surface area contributed by atoms with E-state index >= 15 is 0 Å². The minimum absolute atomic E-state index is 0.177. The number of halogens is 3. The van der Waals surface area contributed by atoms with E-state index in [1.807, 2.05) is 0 Å². The van der Waals surface area contributed by atoms with E-state index in [0.29, 0.717) is 22.7 Å². The van der Waals surface area contributed by atoms with Gasteiger partial charge < -0.3 is 15.8 Å². The first kappa shape index (κ1) is 29.9. The molecule has 0 radical (unpaired) electrons. The lowest BCUT2D eigenvalue weighted by atomic mass is 10.00. The van der Waals surface area contributed by atoms with Crippen LogP contribution < -0.4 is 11.1 Å². The van der Waals surface area contributed by atoms with E-state index < -0.39 is 23.8 Å². The molecule has 0 saturated carbocycles. The fourth-order valence-corrected chi connectivity index (χ4v) is 3.95. The normalized spacial score (nSPS) is 10.7. The number of rotatable bonds is 11. The quantitative estimate of drug-likeness (QED) is 0.233. The Morgan fingerprint density at radius 2 is 1.46 bits per heavy atom. The smallest absolute Gasteiger partial charge is 0.405 e. The maximum atomic E-state index is 13.2. The van der Waals surface area contributed by atoms with E-state index in [1.165, 1.54) is 55.7 Å². The molecule has 8 heteroatoms. The molecule has 0 heterocycles. The summed E-state index contributed by atoms with van der Waals surface area (Å²) in [5.74, 6) is 0.0158. The summed E-state index contributed by atoms with van der Waals surface area (Å²) in [7, 11) is 0. The zero-order valence-electron chi connectivity index (χ0n) is 21.1. The third kappa shape index (κ3) is 10.7. The van der Waals surface area contributed by atoms with Crippen LogP contribution in [0.25, 0.3) is 0 Å². The van der Waals surface area contributed by atoms with Crippen LogP contribution in [0.1, 0.15) is 60.7 Å². The number of nitrogens with two attached hydrogens (primary N) is 2. The van der Waals surface area contributed by atoms with Gasteiger partial charge in [-0.05, 0) is 72.0 Å². The fraction of sp³-hybridized carbons (Fsp3) is 0.310. The molecule has 198 valence electrons. The molecule has 0 unspecified atom stereocenters. The van der Waals surface area contributed by atoms with Crippen molar-refractivity contribution in [2.24, 2.45) is 11.7 Å². The highest BCUT2D eigenvalue weighted by Gasteiger charge is 2.19. The van der Waals surface area contributed by atoms with Crippen molar-refractivity contribution in [2.45, 2.75) is 39.2 Å². The predicted molar refractivity (Wildman–Crippen MR) is 141 cm³/mol. The van der Waals surface area contributed by atoms with E-state index in [0.717, 1.165) is 18.0 Å². The molecule has 3 aromatic rings. The number of amides is 1. The van der Waals surface area contributed by atoms with E-state index in [2.05, 4.69) is 19.2 Å². The zero-order valence-corrected chi connectivity index (χ0v) is 21.9. The second kappa shape index (κ2) is 15.7. The van der Waals surface area contributed by atoms with Crippen molar-refractivity contribution >= 4 is 23.5 Å². The highest BCUT2D eigenvalue weighted by Crippen LogP contribution is 2.27. The summed E-state index contributed by atoms with van der Waals surface area (Å²) in [5.41, 5.74) is 6.50. The second-order valence-electron chi connectivity index (χ2n) is 8.61. The molecule has 0 aliphatic carbocycles. The van der Waals surface area contributed by atoms with Gasteiger partial charge in [-0.25, -0.2) is 13.6 Å². The number of carbonyl (C=O) groups is 2. The summed E-state index contributed by atoms with van der Waals surface area (Å²) in [4.78, 5) is 22.8. The Morgan fingerprint density at radius 3 is 1.92 bits per heavy atom. The van der Waals surface area contributed by atoms with Crippen LogP contribution in [0.4, 0.5) is 13.6 Å². The molecule has 0 aliphatic heterocycles. The number of carbonyl (C=O) groups excluding carboxylic acids is 2. The van der Waals surface area contributed by atoms with Crippen LogP contribution in [-0.2, 0) is 4.74 Å². The first-order valence-corrected chi connectivity index (χ1v) is 12.7. The monoisotopic (exact) mass is 531 g/mol. The van der Waals surface area contributed by atoms with Gasteiger partial charge in [0.05, 0.1) is 6.54 Å². The van der Waals surface area contributed by atoms with Crippen LogP contribution in [0.3, 0.4) is 0 Å². The van der Waals surface area contributed by atoms with Crippen molar-refractivity contribution in [3.8, 4) is 0 Å². The molecule has 0 fully saturated rings.